The first kappa shape index (κ1) is 111. The number of halogens is 20. The van der Waals surface area contributed by atoms with Crippen LogP contribution in [0.2, 0.25) is 0 Å². The molecule has 138 heavy (non-hydrogen) atoms. The summed E-state index contributed by atoms with van der Waals surface area (Å²) in [5.74, 6) is -4.28. The third kappa shape index (κ3) is 23.7. The molecule has 12 saturated heterocycles. The Hall–Kier alpha value is -4.34. The van der Waals surface area contributed by atoms with Crippen LogP contribution in [0, 0.1) is 59.2 Å². The molecular formula is C88H120F20O30. The number of methoxy groups -OCH3 is 6. The summed E-state index contributed by atoms with van der Waals surface area (Å²) >= 11 is 0. The largest absolute Gasteiger partial charge is 0.522 e. The summed E-state index contributed by atoms with van der Waals surface area (Å²) < 4.78 is 367. The maximum Gasteiger partial charge on any atom is 0.522 e. The van der Waals surface area contributed by atoms with Crippen LogP contribution in [0.1, 0.15) is 146 Å². The van der Waals surface area contributed by atoms with Crippen LogP contribution in [-0.2, 0) is 142 Å². The van der Waals surface area contributed by atoms with Crippen molar-refractivity contribution in [1.82, 2.24) is 0 Å². The van der Waals surface area contributed by atoms with E-state index in [0.717, 1.165) is 0 Å². The Morgan fingerprint density at radius 3 is 0.500 bits per heavy atom. The van der Waals surface area contributed by atoms with Crippen molar-refractivity contribution in [3.63, 3.8) is 0 Å². The molecule has 0 bridgehead atoms. The van der Waals surface area contributed by atoms with Crippen molar-refractivity contribution < 1.29 is 230 Å². The van der Waals surface area contributed by atoms with Gasteiger partial charge in [-0.3, -0.25) is 57.2 Å². The fourth-order valence-corrected chi connectivity index (χ4v) is 24.0. The van der Waals surface area contributed by atoms with Gasteiger partial charge in [0.1, 0.15) is 104 Å². The molecule has 0 aromatic heterocycles. The number of epoxide rings is 12. The van der Waals surface area contributed by atoms with E-state index in [-0.39, 0.29) is 135 Å². The molecule has 0 aromatic rings. The molecule has 0 N–H and O–H groups in total. The smallest absolute Gasteiger partial charge is 0.373 e. The van der Waals surface area contributed by atoms with Crippen molar-refractivity contribution >= 4 is 34.7 Å². The van der Waals surface area contributed by atoms with Crippen molar-refractivity contribution in [3.05, 3.63) is 0 Å². The van der Waals surface area contributed by atoms with Gasteiger partial charge < -0.3 is 85.3 Å². The summed E-state index contributed by atoms with van der Waals surface area (Å²) in [6, 6.07) is 0. The van der Waals surface area contributed by atoms with Crippen LogP contribution in [0.3, 0.4) is 0 Å². The highest BCUT2D eigenvalue weighted by atomic mass is 19.4. The van der Waals surface area contributed by atoms with Crippen molar-refractivity contribution in [1.29, 1.82) is 0 Å². The number of ether oxygens (including phenoxy) is 24. The van der Waals surface area contributed by atoms with Gasteiger partial charge in [-0.25, -0.2) is 8.78 Å². The molecule has 6 saturated carbocycles. The lowest BCUT2D eigenvalue weighted by Crippen LogP contribution is -2.56. The van der Waals surface area contributed by atoms with E-state index in [4.69, 9.17) is 85.3 Å². The van der Waals surface area contributed by atoms with E-state index < -0.39 is 254 Å². The number of hydrogen-bond acceptors (Lipinski definition) is 30. The molecule has 12 aliphatic heterocycles. The van der Waals surface area contributed by atoms with Crippen molar-refractivity contribution in [2.24, 2.45) is 59.2 Å². The van der Waals surface area contributed by atoms with Gasteiger partial charge in [0.2, 0.25) is 0 Å². The fourth-order valence-electron chi connectivity index (χ4n) is 24.0. The molecule has 12 heterocycles. The zero-order valence-electron chi connectivity index (χ0n) is 78.6. The van der Waals surface area contributed by atoms with Crippen molar-refractivity contribution in [3.8, 4) is 0 Å². The van der Waals surface area contributed by atoms with E-state index >= 15 is 0 Å². The maximum absolute atomic E-state index is 13.9. The summed E-state index contributed by atoms with van der Waals surface area (Å²) in [7, 11) is 8.48. The Kier molecular flexibility index (Phi) is 31.6. The molecule has 18 rings (SSSR count). The number of rotatable bonds is 30. The molecule has 0 amide bonds. The minimum Gasteiger partial charge on any atom is -0.373 e. The molecule has 6 aliphatic carbocycles. The first-order chi connectivity index (χ1) is 63.8. The van der Waals surface area contributed by atoms with Gasteiger partial charge in [0, 0.05) is 118 Å². The first-order valence-corrected chi connectivity index (χ1v) is 45.6. The van der Waals surface area contributed by atoms with Crippen LogP contribution in [0.15, 0.2) is 0 Å². The highest BCUT2D eigenvalue weighted by Gasteiger charge is 2.80. The van der Waals surface area contributed by atoms with E-state index in [1.807, 2.05) is 55.4 Å². The predicted octanol–water partition coefficient (Wildman–Crippen LogP) is 11.9. The third-order valence-electron chi connectivity index (χ3n) is 31.2. The Morgan fingerprint density at radius 2 is 0.377 bits per heavy atom. The van der Waals surface area contributed by atoms with Crippen LogP contribution >= 0.6 is 0 Å². The minimum absolute atomic E-state index is 0.000594. The zero-order chi connectivity index (χ0) is 102. The van der Waals surface area contributed by atoms with Gasteiger partial charge in [0.25, 0.3) is 0 Å². The van der Waals surface area contributed by atoms with Gasteiger partial charge in [-0.1, -0.05) is 27.7 Å². The molecule has 30 nitrogen and oxygen atoms in total. The number of carbonyl (C=O) groups excluding carboxylic acids is 6. The molecule has 0 aromatic carbocycles. The molecular weight excluding hydrogens is 1920 g/mol. The van der Waals surface area contributed by atoms with Crippen molar-refractivity contribution in [2.45, 2.75) is 337 Å². The SMILES string of the molecule is CO[C@@H]1C(=O)[C@@H](C)C[C@]2(CO2)[C@H]1[C@]1(C)O[C@@H]1CCOC(F)(F)F.CO[C@@H]1C(=O)[C@@H](C)C[C@]2(CO2)[C@H]1[C@]1(C)O[C@@H]1CCOC(F)(F)F.CO[C@@H]1C(=O)[C@@H](F)C[C@]2(CO2)[C@H]1[C@]1(C)O[C@@H]1CCOC(F)(F)F.CO[C@@H]1C(=O)[C@H](C)C[C@]2(CO2)[C@H]1[C@]1(C)O[C@@H]1CCOC(F)(F)F.CO[C@@H]1C(=O)[C@H](C)C[C@]2(CO2)[C@H]1[C@]1(C)O[C@@H]1CCOC(F)(F)F.CO[C@@H]1C(=O)[C@H](F)C[C@]2(CO2)[C@H]1[C@]1(C)O[C@@H]1CCOC(F)(F)F. The second kappa shape index (κ2) is 39.4. The first-order valence-electron chi connectivity index (χ1n) is 45.6. The predicted molar refractivity (Wildman–Crippen MR) is 421 cm³/mol. The quantitative estimate of drug-likeness (QED) is 0.0476. The van der Waals surface area contributed by atoms with E-state index in [9.17, 15) is 117 Å². The molecule has 18 aliphatic rings. The van der Waals surface area contributed by atoms with E-state index in [1.54, 1.807) is 13.8 Å². The topological polar surface area (TPSA) is 364 Å². The Balaban J connectivity index is 0.000000140. The highest BCUT2D eigenvalue weighted by molar-refractivity contribution is 5.91. The number of Topliss-reactive ketones (excluding diaryl/α,β-unsaturated/α-hetero) is 6. The van der Waals surface area contributed by atoms with E-state index in [1.165, 1.54) is 42.7 Å². The lowest BCUT2D eigenvalue weighted by atomic mass is 9.66. The van der Waals surface area contributed by atoms with Crippen LogP contribution in [-0.4, -0.2) is 348 Å². The molecule has 36 atom stereocenters. The summed E-state index contributed by atoms with van der Waals surface area (Å²) in [5.41, 5.74) is -8.14. The van der Waals surface area contributed by atoms with Gasteiger partial charge in [-0.15, -0.1) is 79.0 Å². The fraction of sp³-hybridized carbons (Fsp3) is 0.932. The molecule has 6 spiro atoms. The van der Waals surface area contributed by atoms with Crippen LogP contribution in [0.5, 0.6) is 0 Å². The molecule has 792 valence electrons. The summed E-state index contributed by atoms with van der Waals surface area (Å²) in [6.45, 7) is 17.8. The van der Waals surface area contributed by atoms with Gasteiger partial charge in [0.15, 0.2) is 47.0 Å². The Morgan fingerprint density at radius 1 is 0.246 bits per heavy atom. The zero-order valence-corrected chi connectivity index (χ0v) is 78.6. The van der Waals surface area contributed by atoms with Gasteiger partial charge >= 0.3 is 38.2 Å². The number of ketones is 6. The molecule has 0 radical (unpaired) electrons. The van der Waals surface area contributed by atoms with E-state index in [0.29, 0.717) is 52.1 Å². The highest BCUT2D eigenvalue weighted by Crippen LogP contribution is 2.67. The van der Waals surface area contributed by atoms with Crippen LogP contribution < -0.4 is 0 Å². The third-order valence-corrected chi connectivity index (χ3v) is 31.2. The summed E-state index contributed by atoms with van der Waals surface area (Å²) in [4.78, 5) is 73.6. The Labute approximate surface area is 780 Å². The van der Waals surface area contributed by atoms with Crippen molar-refractivity contribution in [2.75, 3.05) is 122 Å². The molecule has 0 unspecified atom stereocenters. The average Bonchev–Trinajstić information content (AvgIpc) is 1.55. The van der Waals surface area contributed by atoms with Crippen LogP contribution in [0.25, 0.3) is 0 Å². The normalized spacial score (nSPS) is 46.3. The lowest BCUT2D eigenvalue weighted by Gasteiger charge is -2.40. The van der Waals surface area contributed by atoms with Gasteiger partial charge in [-0.05, 0) is 67.2 Å². The monoisotopic (exact) mass is 2040 g/mol. The second-order valence-electron chi connectivity index (χ2n) is 40.3. The molecule has 50 heteroatoms. The molecule has 18 fully saturated rings. The average molecular weight is 2040 g/mol. The summed E-state index contributed by atoms with van der Waals surface area (Å²) in [5, 5.41) is 0. The number of alkyl halides is 20. The second-order valence-corrected chi connectivity index (χ2v) is 40.3. The van der Waals surface area contributed by atoms with Crippen LogP contribution in [0.4, 0.5) is 87.8 Å². The van der Waals surface area contributed by atoms with Gasteiger partial charge in [0.05, 0.1) is 151 Å². The van der Waals surface area contributed by atoms with E-state index in [2.05, 4.69) is 28.4 Å². The summed E-state index contributed by atoms with van der Waals surface area (Å²) in [6.07, 6.45) is -35.8. The number of carbonyl (C=O) groups is 6. The number of hydrogen-bond donors (Lipinski definition) is 0. The standard InChI is InChI=1S/4C15H21F3O5.2C14H18F4O5/c4*1-8-6-14(7-22-14)12(11(20-3)10(8)19)13(2)9(23-13)4-5-21-15(16,17)18;2*1-12(8(23-12)3-4-21-14(16,17)18)11-10(20-2)9(19)7(15)5-13(11)6-22-13/h4*8-9,11-12H,4-7H2,1-3H3;2*7-8,10-11H,3-6H2,1-2H3/t2*8-,9+,11+,12+,13+,14-;2*8-,9-,11-,12-,13-,14+;7-,8+,10+,11+,12+,13-;7-,8-,10-,11-,12-,13+/m001101/s1. The lowest BCUT2D eigenvalue weighted by molar-refractivity contribution is -0.325. The van der Waals surface area contributed by atoms with Gasteiger partial charge in [-0.2, -0.15) is 0 Å². The minimum atomic E-state index is -4.69. The maximum atomic E-state index is 13.9. The Bertz CT molecular complexity index is 3630.